The first kappa shape index (κ1) is 13.1. The topological polar surface area (TPSA) is 4.93 Å². The summed E-state index contributed by atoms with van der Waals surface area (Å²) >= 11 is 7.08. The van der Waals surface area contributed by atoms with Gasteiger partial charge in [0.05, 0.1) is 11.0 Å². The van der Waals surface area contributed by atoms with Gasteiger partial charge in [-0.25, -0.2) is 0 Å². The zero-order valence-corrected chi connectivity index (χ0v) is 14.2. The van der Waals surface area contributed by atoms with Gasteiger partial charge in [-0.2, -0.15) is 0 Å². The van der Waals surface area contributed by atoms with Gasteiger partial charge in [-0.3, -0.25) is 0 Å². The summed E-state index contributed by atoms with van der Waals surface area (Å²) < 4.78 is 4.51. The number of halogens is 2. The molecule has 1 nitrogen and oxygen atoms in total. The van der Waals surface area contributed by atoms with Crippen molar-refractivity contribution in [3.63, 3.8) is 0 Å². The normalized spacial score (nSPS) is 11.3. The second-order valence-corrected chi connectivity index (χ2v) is 6.82. The minimum atomic E-state index is 1.09. The van der Waals surface area contributed by atoms with E-state index in [0.717, 1.165) is 8.95 Å². The molecule has 0 aliphatic carbocycles. The number of benzene rings is 3. The molecule has 3 heteroatoms. The predicted molar refractivity (Wildman–Crippen MR) is 96.2 cm³/mol. The highest BCUT2D eigenvalue weighted by atomic mass is 79.9. The summed E-state index contributed by atoms with van der Waals surface area (Å²) in [5.74, 6) is 0. The quantitative estimate of drug-likeness (QED) is 0.353. The fraction of sp³-hybridized carbons (Fsp3) is 0. The average Bonchev–Trinajstić information content (AvgIpc) is 2.82. The van der Waals surface area contributed by atoms with Crippen LogP contribution in [-0.4, -0.2) is 4.57 Å². The average molecular weight is 401 g/mol. The molecule has 1 aromatic heterocycles. The summed E-state index contributed by atoms with van der Waals surface area (Å²) in [5.41, 5.74) is 3.63. The standard InChI is InChI=1S/C18H11Br2N/c19-12-5-8-14(9-6-12)21-17-4-2-1-3-15(17)16-11-13(20)7-10-18(16)21/h1-11H. The summed E-state index contributed by atoms with van der Waals surface area (Å²) in [5, 5.41) is 2.54. The molecule has 0 unspecified atom stereocenters. The maximum Gasteiger partial charge on any atom is 0.0541 e. The maximum atomic E-state index is 3.58. The third-order valence-corrected chi connectivity index (χ3v) is 4.74. The lowest BCUT2D eigenvalue weighted by atomic mass is 10.2. The number of nitrogens with zero attached hydrogens (tertiary/aromatic N) is 1. The summed E-state index contributed by atoms with van der Waals surface area (Å²) in [6, 6.07) is 23.4. The maximum absolute atomic E-state index is 3.58. The van der Waals surface area contributed by atoms with Gasteiger partial charge in [-0.15, -0.1) is 0 Å². The van der Waals surface area contributed by atoms with Crippen molar-refractivity contribution in [2.45, 2.75) is 0 Å². The van der Waals surface area contributed by atoms with Crippen LogP contribution in [0.4, 0.5) is 0 Å². The molecular weight excluding hydrogens is 390 g/mol. The highest BCUT2D eigenvalue weighted by Gasteiger charge is 2.11. The molecule has 0 fully saturated rings. The fourth-order valence-electron chi connectivity index (χ4n) is 2.81. The number of aromatic nitrogens is 1. The van der Waals surface area contributed by atoms with Crippen LogP contribution in [0.15, 0.2) is 75.7 Å². The molecule has 0 aliphatic heterocycles. The van der Waals surface area contributed by atoms with Crippen LogP contribution in [0.2, 0.25) is 0 Å². The Morgan fingerprint density at radius 2 is 1.29 bits per heavy atom. The fourth-order valence-corrected chi connectivity index (χ4v) is 3.44. The van der Waals surface area contributed by atoms with Crippen molar-refractivity contribution in [2.24, 2.45) is 0 Å². The number of hydrogen-bond acceptors (Lipinski definition) is 0. The van der Waals surface area contributed by atoms with E-state index < -0.39 is 0 Å². The van der Waals surface area contributed by atoms with Gasteiger partial charge in [0, 0.05) is 25.4 Å². The van der Waals surface area contributed by atoms with Crippen molar-refractivity contribution >= 4 is 53.7 Å². The van der Waals surface area contributed by atoms with Gasteiger partial charge in [0.2, 0.25) is 0 Å². The van der Waals surface area contributed by atoms with E-state index in [0.29, 0.717) is 0 Å². The van der Waals surface area contributed by atoms with Gasteiger partial charge in [-0.05, 0) is 48.5 Å². The molecule has 0 atom stereocenters. The van der Waals surface area contributed by atoms with E-state index in [-0.39, 0.29) is 0 Å². The van der Waals surface area contributed by atoms with Gasteiger partial charge < -0.3 is 4.57 Å². The van der Waals surface area contributed by atoms with Gasteiger partial charge in [-0.1, -0.05) is 50.1 Å². The monoisotopic (exact) mass is 399 g/mol. The van der Waals surface area contributed by atoms with E-state index in [9.17, 15) is 0 Å². The summed E-state index contributed by atoms with van der Waals surface area (Å²) in [4.78, 5) is 0. The van der Waals surface area contributed by atoms with E-state index in [1.165, 1.54) is 27.5 Å². The van der Waals surface area contributed by atoms with Crippen LogP contribution in [0.3, 0.4) is 0 Å². The SMILES string of the molecule is Brc1ccc(-n2c3ccccc3c3cc(Br)ccc32)cc1. The zero-order chi connectivity index (χ0) is 14.4. The Morgan fingerprint density at radius 1 is 0.619 bits per heavy atom. The van der Waals surface area contributed by atoms with Crippen molar-refractivity contribution in [3.05, 3.63) is 75.7 Å². The highest BCUT2D eigenvalue weighted by molar-refractivity contribution is 9.10. The first-order valence-corrected chi connectivity index (χ1v) is 8.27. The molecule has 0 saturated carbocycles. The highest BCUT2D eigenvalue weighted by Crippen LogP contribution is 2.33. The Kier molecular flexibility index (Phi) is 3.12. The second kappa shape index (κ2) is 5.00. The van der Waals surface area contributed by atoms with E-state index in [4.69, 9.17) is 0 Å². The third-order valence-electron chi connectivity index (χ3n) is 3.72. The molecule has 3 aromatic carbocycles. The Bertz CT molecular complexity index is 952. The summed E-state index contributed by atoms with van der Waals surface area (Å²) in [7, 11) is 0. The number of para-hydroxylation sites is 1. The van der Waals surface area contributed by atoms with Crippen LogP contribution in [0, 0.1) is 0 Å². The Labute approximate surface area is 139 Å². The van der Waals surface area contributed by atoms with Crippen molar-refractivity contribution in [1.82, 2.24) is 4.57 Å². The van der Waals surface area contributed by atoms with E-state index in [1.54, 1.807) is 0 Å². The van der Waals surface area contributed by atoms with Crippen LogP contribution in [-0.2, 0) is 0 Å². The minimum Gasteiger partial charge on any atom is -0.309 e. The lowest BCUT2D eigenvalue weighted by molar-refractivity contribution is 1.18. The Hall–Kier alpha value is -1.58. The predicted octanol–water partition coefficient (Wildman–Crippen LogP) is 6.31. The summed E-state index contributed by atoms with van der Waals surface area (Å²) in [6.45, 7) is 0. The van der Waals surface area contributed by atoms with Crippen LogP contribution in [0.5, 0.6) is 0 Å². The van der Waals surface area contributed by atoms with E-state index in [1.807, 2.05) is 0 Å². The Morgan fingerprint density at radius 3 is 2.10 bits per heavy atom. The molecule has 0 aliphatic rings. The second-order valence-electron chi connectivity index (χ2n) is 4.99. The molecule has 4 rings (SSSR count). The third kappa shape index (κ3) is 2.12. The van der Waals surface area contributed by atoms with Gasteiger partial charge in [0.25, 0.3) is 0 Å². The summed E-state index contributed by atoms with van der Waals surface area (Å²) in [6.07, 6.45) is 0. The van der Waals surface area contributed by atoms with E-state index in [2.05, 4.69) is 103 Å². The molecular formula is C18H11Br2N. The van der Waals surface area contributed by atoms with Crippen molar-refractivity contribution in [3.8, 4) is 5.69 Å². The van der Waals surface area contributed by atoms with Crippen molar-refractivity contribution in [2.75, 3.05) is 0 Å². The van der Waals surface area contributed by atoms with Gasteiger partial charge in [0.15, 0.2) is 0 Å². The first-order chi connectivity index (χ1) is 10.2. The molecule has 0 N–H and O–H groups in total. The first-order valence-electron chi connectivity index (χ1n) is 6.69. The lowest BCUT2D eigenvalue weighted by Gasteiger charge is -2.07. The van der Waals surface area contributed by atoms with E-state index >= 15 is 0 Å². The van der Waals surface area contributed by atoms with Crippen LogP contribution >= 0.6 is 31.9 Å². The molecule has 102 valence electrons. The lowest BCUT2D eigenvalue weighted by Crippen LogP contribution is -1.92. The van der Waals surface area contributed by atoms with Crippen LogP contribution in [0.1, 0.15) is 0 Å². The molecule has 0 spiro atoms. The molecule has 1 heterocycles. The Balaban J connectivity index is 2.17. The van der Waals surface area contributed by atoms with Gasteiger partial charge in [0.1, 0.15) is 0 Å². The molecule has 0 bridgehead atoms. The zero-order valence-electron chi connectivity index (χ0n) is 11.1. The van der Waals surface area contributed by atoms with Crippen molar-refractivity contribution in [1.29, 1.82) is 0 Å². The smallest absolute Gasteiger partial charge is 0.0541 e. The van der Waals surface area contributed by atoms with Crippen molar-refractivity contribution < 1.29 is 0 Å². The molecule has 0 amide bonds. The number of hydrogen-bond donors (Lipinski definition) is 0. The largest absolute Gasteiger partial charge is 0.309 e. The molecule has 21 heavy (non-hydrogen) atoms. The molecule has 0 radical (unpaired) electrons. The molecule has 4 aromatic rings. The minimum absolute atomic E-state index is 1.09. The number of rotatable bonds is 1. The van der Waals surface area contributed by atoms with Crippen LogP contribution in [0.25, 0.3) is 27.5 Å². The van der Waals surface area contributed by atoms with Crippen LogP contribution < -0.4 is 0 Å². The number of fused-ring (bicyclic) bond motifs is 3. The molecule has 0 saturated heterocycles. The van der Waals surface area contributed by atoms with Gasteiger partial charge >= 0.3 is 0 Å².